The number of piperazine rings is 1. The maximum atomic E-state index is 6.26. The van der Waals surface area contributed by atoms with E-state index >= 15 is 0 Å². The van der Waals surface area contributed by atoms with Crippen molar-refractivity contribution in [2.24, 2.45) is 4.99 Å². The van der Waals surface area contributed by atoms with Gasteiger partial charge in [-0.1, -0.05) is 23.2 Å². The molecule has 0 bridgehead atoms. The number of anilines is 2. The molecule has 2 N–H and O–H groups in total. The zero-order chi connectivity index (χ0) is 22.1. The summed E-state index contributed by atoms with van der Waals surface area (Å²) in [7, 11) is 2.16. The van der Waals surface area contributed by atoms with Crippen molar-refractivity contribution in [1.82, 2.24) is 15.2 Å². The van der Waals surface area contributed by atoms with Gasteiger partial charge in [0, 0.05) is 65.0 Å². The average molecular weight is 475 g/mol. The smallest absolute Gasteiger partial charge is 0.129 e. The molecule has 4 heterocycles. The van der Waals surface area contributed by atoms with Crippen LogP contribution in [0.2, 0.25) is 10.0 Å². The number of likely N-dealkylation sites (N-methyl/N-ethyl adjacent to an activating group) is 1. The number of fused-ring (bicyclic) bond motifs is 1. The number of nitrogens with zero attached hydrogens (tertiary/aromatic N) is 4. The molecule has 0 radical (unpaired) electrons. The lowest BCUT2D eigenvalue weighted by molar-refractivity contribution is 0.0771. The minimum Gasteiger partial charge on any atom is -0.381 e. The lowest BCUT2D eigenvalue weighted by Gasteiger charge is -2.42. The van der Waals surface area contributed by atoms with Crippen molar-refractivity contribution in [2.75, 3.05) is 56.7 Å². The molecule has 2 saturated heterocycles. The fourth-order valence-electron chi connectivity index (χ4n) is 4.53. The molecule has 0 atom stereocenters. The molecule has 3 aliphatic heterocycles. The molecule has 7 nitrogen and oxygen atoms in total. The Bertz CT molecular complexity index is 1020. The average Bonchev–Trinajstić information content (AvgIpc) is 2.80. The first kappa shape index (κ1) is 21.8. The number of amidine groups is 1. The highest BCUT2D eigenvalue weighted by atomic mass is 35.5. The van der Waals surface area contributed by atoms with E-state index in [4.69, 9.17) is 32.9 Å². The lowest BCUT2D eigenvalue weighted by Crippen LogP contribution is -2.56. The summed E-state index contributed by atoms with van der Waals surface area (Å²) in [6, 6.07) is 7.92. The number of aromatic nitrogens is 1. The minimum atomic E-state index is -0.296. The first-order chi connectivity index (χ1) is 15.5. The van der Waals surface area contributed by atoms with Gasteiger partial charge < -0.3 is 25.2 Å². The maximum absolute atomic E-state index is 6.26. The van der Waals surface area contributed by atoms with E-state index in [9.17, 15) is 0 Å². The molecule has 0 saturated carbocycles. The van der Waals surface area contributed by atoms with Crippen molar-refractivity contribution in [3.8, 4) is 0 Å². The first-order valence-corrected chi connectivity index (χ1v) is 11.8. The summed E-state index contributed by atoms with van der Waals surface area (Å²) in [5.41, 5.74) is 2.59. The van der Waals surface area contributed by atoms with E-state index < -0.39 is 0 Å². The SMILES string of the molecule is CN1CCN(c2cc(CNC3=Nc4cc(Cl)c(Cl)cc4NC34CCOCC4)ccn2)CC1. The summed E-state index contributed by atoms with van der Waals surface area (Å²) in [4.78, 5) is 14.3. The molecule has 9 heteroatoms. The van der Waals surface area contributed by atoms with Crippen molar-refractivity contribution in [3.63, 3.8) is 0 Å². The zero-order valence-electron chi connectivity index (χ0n) is 18.2. The Morgan fingerprint density at radius 1 is 1.09 bits per heavy atom. The van der Waals surface area contributed by atoms with Gasteiger partial charge in [-0.05, 0) is 36.9 Å². The molecule has 0 aliphatic carbocycles. The summed E-state index contributed by atoms with van der Waals surface area (Å²) in [6.07, 6.45) is 3.57. The third-order valence-corrected chi connectivity index (χ3v) is 7.26. The molecule has 1 aromatic heterocycles. The van der Waals surface area contributed by atoms with Gasteiger partial charge in [0.15, 0.2) is 0 Å². The third kappa shape index (κ3) is 4.39. The highest BCUT2D eigenvalue weighted by Crippen LogP contribution is 2.41. The summed E-state index contributed by atoms with van der Waals surface area (Å²) < 4.78 is 5.64. The molecular weight excluding hydrogens is 447 g/mol. The number of aliphatic imine (C=N–C) groups is 1. The van der Waals surface area contributed by atoms with E-state index in [-0.39, 0.29) is 5.54 Å². The molecule has 2 aromatic rings. The zero-order valence-corrected chi connectivity index (χ0v) is 19.7. The van der Waals surface area contributed by atoms with Crippen LogP contribution in [0.4, 0.5) is 17.2 Å². The molecule has 5 rings (SSSR count). The van der Waals surface area contributed by atoms with Gasteiger partial charge in [0.25, 0.3) is 0 Å². The third-order valence-electron chi connectivity index (χ3n) is 6.54. The Balaban J connectivity index is 1.37. The Labute approximate surface area is 198 Å². The van der Waals surface area contributed by atoms with E-state index in [1.807, 2.05) is 18.3 Å². The summed E-state index contributed by atoms with van der Waals surface area (Å²) in [5.74, 6) is 1.96. The molecule has 0 amide bonds. The number of ether oxygens (including phenoxy) is 1. The van der Waals surface area contributed by atoms with Crippen LogP contribution in [-0.4, -0.2) is 67.7 Å². The predicted octanol–water partition coefficient (Wildman–Crippen LogP) is 3.93. The number of hydrogen-bond acceptors (Lipinski definition) is 7. The quantitative estimate of drug-likeness (QED) is 0.702. The highest BCUT2D eigenvalue weighted by Gasteiger charge is 2.41. The van der Waals surface area contributed by atoms with Gasteiger partial charge in [0.2, 0.25) is 0 Å². The van der Waals surface area contributed by atoms with Crippen LogP contribution in [0.3, 0.4) is 0 Å². The summed E-state index contributed by atoms with van der Waals surface area (Å²) >= 11 is 12.5. The number of nitrogens with one attached hydrogen (secondary N) is 2. The number of benzene rings is 1. The molecule has 3 aliphatic rings. The van der Waals surface area contributed by atoms with Gasteiger partial charge in [-0.3, -0.25) is 0 Å². The monoisotopic (exact) mass is 474 g/mol. The van der Waals surface area contributed by atoms with Crippen molar-refractivity contribution in [1.29, 1.82) is 0 Å². The second-order valence-electron chi connectivity index (χ2n) is 8.73. The minimum absolute atomic E-state index is 0.296. The van der Waals surface area contributed by atoms with Gasteiger partial charge in [0.05, 0.1) is 27.0 Å². The molecule has 170 valence electrons. The first-order valence-electron chi connectivity index (χ1n) is 11.1. The molecule has 1 aromatic carbocycles. The van der Waals surface area contributed by atoms with Crippen LogP contribution in [0.1, 0.15) is 18.4 Å². The normalized spacial score (nSPS) is 20.5. The van der Waals surface area contributed by atoms with Crippen LogP contribution < -0.4 is 15.5 Å². The van der Waals surface area contributed by atoms with Gasteiger partial charge >= 0.3 is 0 Å². The number of hydrogen-bond donors (Lipinski definition) is 2. The predicted molar refractivity (Wildman–Crippen MR) is 131 cm³/mol. The molecule has 0 unspecified atom stereocenters. The second kappa shape index (κ2) is 9.06. The fraction of sp³-hybridized carbons (Fsp3) is 0.478. The van der Waals surface area contributed by atoms with Crippen molar-refractivity contribution in [3.05, 3.63) is 46.1 Å². The van der Waals surface area contributed by atoms with Gasteiger partial charge in [0.1, 0.15) is 11.7 Å². The number of halogens is 2. The van der Waals surface area contributed by atoms with E-state index in [1.54, 1.807) is 0 Å². The van der Waals surface area contributed by atoms with E-state index in [1.165, 1.54) is 5.56 Å². The number of rotatable bonds is 3. The molecule has 1 spiro atoms. The van der Waals surface area contributed by atoms with Crippen LogP contribution in [0, 0.1) is 0 Å². The summed E-state index contributed by atoms with van der Waals surface area (Å²) in [6.45, 7) is 6.16. The van der Waals surface area contributed by atoms with Crippen molar-refractivity contribution < 1.29 is 4.74 Å². The molecule has 32 heavy (non-hydrogen) atoms. The second-order valence-corrected chi connectivity index (χ2v) is 9.54. The topological polar surface area (TPSA) is 65.0 Å². The van der Waals surface area contributed by atoms with Gasteiger partial charge in [-0.25, -0.2) is 9.98 Å². The standard InChI is InChI=1S/C23H28Cl2N6O/c1-30-6-8-31(9-7-30)21-12-16(2-5-26-21)15-27-22-23(3-10-32-11-4-23)29-20-14-18(25)17(24)13-19(20)28-22/h2,5,12-14,29H,3-4,6-11,15H2,1H3,(H,27,28). The van der Waals surface area contributed by atoms with Gasteiger partial charge in [-0.2, -0.15) is 0 Å². The fourth-order valence-corrected chi connectivity index (χ4v) is 4.85. The Hall–Kier alpha value is -2.06. The Morgan fingerprint density at radius 3 is 2.62 bits per heavy atom. The van der Waals surface area contributed by atoms with Gasteiger partial charge in [-0.15, -0.1) is 0 Å². The molecular formula is C23H28Cl2N6O. The van der Waals surface area contributed by atoms with Crippen LogP contribution in [0.25, 0.3) is 0 Å². The number of pyridine rings is 1. The highest BCUT2D eigenvalue weighted by molar-refractivity contribution is 6.42. The largest absolute Gasteiger partial charge is 0.381 e. The van der Waals surface area contributed by atoms with Crippen LogP contribution >= 0.6 is 23.2 Å². The Morgan fingerprint density at radius 2 is 1.84 bits per heavy atom. The lowest BCUT2D eigenvalue weighted by atomic mass is 9.86. The molecule has 2 fully saturated rings. The van der Waals surface area contributed by atoms with E-state index in [2.05, 4.69) is 44.6 Å². The Kier molecular flexibility index (Phi) is 6.16. The van der Waals surface area contributed by atoms with Crippen molar-refractivity contribution >= 4 is 46.2 Å². The van der Waals surface area contributed by atoms with Crippen LogP contribution in [0.15, 0.2) is 35.5 Å². The van der Waals surface area contributed by atoms with E-state index in [0.717, 1.165) is 62.0 Å². The van der Waals surface area contributed by atoms with Crippen molar-refractivity contribution in [2.45, 2.75) is 24.9 Å². The summed E-state index contributed by atoms with van der Waals surface area (Å²) in [5, 5.41) is 8.34. The van der Waals surface area contributed by atoms with Crippen LogP contribution in [-0.2, 0) is 11.3 Å². The van der Waals surface area contributed by atoms with E-state index in [0.29, 0.717) is 29.8 Å². The maximum Gasteiger partial charge on any atom is 0.129 e. The van der Waals surface area contributed by atoms with Crippen LogP contribution in [0.5, 0.6) is 0 Å².